The Morgan fingerprint density at radius 2 is 1.83 bits per heavy atom. The van der Waals surface area contributed by atoms with Crippen molar-refractivity contribution in [1.29, 1.82) is 0 Å². The van der Waals surface area contributed by atoms with E-state index in [0.29, 0.717) is 12.1 Å². The van der Waals surface area contributed by atoms with Gasteiger partial charge in [0.2, 0.25) is 0 Å². The molecule has 158 valence electrons. The number of morpholine rings is 1. The molecule has 2 fully saturated rings. The van der Waals surface area contributed by atoms with Crippen LogP contribution in [0.15, 0.2) is 35.1 Å². The van der Waals surface area contributed by atoms with Gasteiger partial charge in [-0.3, -0.25) is 9.89 Å². The average Bonchev–Trinajstić information content (AvgIpc) is 3.13. The fourth-order valence-corrected chi connectivity index (χ4v) is 5.21. The van der Waals surface area contributed by atoms with Crippen LogP contribution in [0.5, 0.6) is 0 Å². The number of ether oxygens (including phenoxy) is 1. The quantitative estimate of drug-likeness (QED) is 0.835. The van der Waals surface area contributed by atoms with E-state index in [1.54, 1.807) is 6.33 Å². The Labute approximate surface area is 178 Å². The number of benzene rings is 1. The van der Waals surface area contributed by atoms with Gasteiger partial charge in [0.1, 0.15) is 12.1 Å². The summed E-state index contributed by atoms with van der Waals surface area (Å²) in [5.41, 5.74) is 5.94. The van der Waals surface area contributed by atoms with Crippen LogP contribution in [0.25, 0.3) is 16.5 Å². The standard InChI is InChI=1S/C24H31N5O/c1-16-14-25-17(2)23(16)18-3-8-22-21(13-18)24(27-15-26-22)28-19-4-6-20(7-5-19)29-9-11-30-12-10-29/h3,8,13,15,19-20H,4-7,9-12,14H2,1-2H3,(H,26,27,28). The summed E-state index contributed by atoms with van der Waals surface area (Å²) in [6.07, 6.45) is 6.53. The monoisotopic (exact) mass is 405 g/mol. The van der Waals surface area contributed by atoms with Crippen molar-refractivity contribution in [3.05, 3.63) is 35.7 Å². The van der Waals surface area contributed by atoms with Crippen LogP contribution in [-0.4, -0.2) is 65.5 Å². The molecule has 0 radical (unpaired) electrons. The minimum absolute atomic E-state index is 0.472. The molecule has 1 aliphatic carbocycles. The second-order valence-electron chi connectivity index (χ2n) is 8.81. The Hall–Kier alpha value is -2.31. The lowest BCUT2D eigenvalue weighted by atomic mass is 9.90. The molecular formula is C24H31N5O. The largest absolute Gasteiger partial charge is 0.379 e. The molecule has 1 saturated heterocycles. The number of hydrogen-bond donors (Lipinski definition) is 1. The summed E-state index contributed by atoms with van der Waals surface area (Å²) in [4.78, 5) is 16.3. The fourth-order valence-electron chi connectivity index (χ4n) is 5.21. The van der Waals surface area contributed by atoms with Crippen LogP contribution >= 0.6 is 0 Å². The number of anilines is 1. The predicted octanol–water partition coefficient (Wildman–Crippen LogP) is 3.93. The van der Waals surface area contributed by atoms with Crippen molar-refractivity contribution in [1.82, 2.24) is 14.9 Å². The van der Waals surface area contributed by atoms with Crippen LogP contribution in [0.4, 0.5) is 5.82 Å². The maximum Gasteiger partial charge on any atom is 0.137 e. The van der Waals surface area contributed by atoms with Crippen LogP contribution in [0.1, 0.15) is 45.1 Å². The van der Waals surface area contributed by atoms with E-state index in [9.17, 15) is 0 Å². The third kappa shape index (κ3) is 3.86. The number of nitrogens with zero attached hydrogens (tertiary/aromatic N) is 4. The van der Waals surface area contributed by atoms with Gasteiger partial charge in [-0.25, -0.2) is 9.97 Å². The Morgan fingerprint density at radius 1 is 1.03 bits per heavy atom. The molecule has 6 nitrogen and oxygen atoms in total. The first-order valence-corrected chi connectivity index (χ1v) is 11.2. The van der Waals surface area contributed by atoms with E-state index in [1.807, 2.05) is 0 Å². The smallest absolute Gasteiger partial charge is 0.137 e. The number of fused-ring (bicyclic) bond motifs is 1. The maximum atomic E-state index is 5.51. The van der Waals surface area contributed by atoms with Gasteiger partial charge in [0, 0.05) is 41.8 Å². The van der Waals surface area contributed by atoms with Gasteiger partial charge in [0.15, 0.2) is 0 Å². The van der Waals surface area contributed by atoms with E-state index in [2.05, 4.69) is 57.2 Å². The number of aliphatic imine (C=N–C) groups is 1. The Morgan fingerprint density at radius 3 is 2.57 bits per heavy atom. The van der Waals surface area contributed by atoms with Crippen LogP contribution in [0, 0.1) is 0 Å². The Bertz CT molecular complexity index is 984. The highest BCUT2D eigenvalue weighted by atomic mass is 16.5. The molecular weight excluding hydrogens is 374 g/mol. The summed E-state index contributed by atoms with van der Waals surface area (Å²) in [5.74, 6) is 0.961. The van der Waals surface area contributed by atoms with Gasteiger partial charge in [-0.2, -0.15) is 0 Å². The van der Waals surface area contributed by atoms with Crippen molar-refractivity contribution in [2.45, 2.75) is 51.6 Å². The molecule has 2 aromatic rings. The maximum absolute atomic E-state index is 5.51. The van der Waals surface area contributed by atoms with Crippen LogP contribution in [0.3, 0.4) is 0 Å². The van der Waals surface area contributed by atoms with Gasteiger partial charge in [0.05, 0.1) is 25.3 Å². The molecule has 3 aliphatic rings. The fraction of sp³-hybridized carbons (Fsp3) is 0.542. The zero-order valence-electron chi connectivity index (χ0n) is 18.0. The number of hydrogen-bond acceptors (Lipinski definition) is 6. The summed E-state index contributed by atoms with van der Waals surface area (Å²) < 4.78 is 5.51. The molecule has 1 N–H and O–H groups in total. The molecule has 3 heterocycles. The summed E-state index contributed by atoms with van der Waals surface area (Å²) in [5, 5.41) is 4.85. The van der Waals surface area contributed by atoms with E-state index in [1.165, 1.54) is 42.4 Å². The molecule has 0 amide bonds. The topological polar surface area (TPSA) is 62.6 Å². The van der Waals surface area contributed by atoms with Crippen molar-refractivity contribution in [3.63, 3.8) is 0 Å². The van der Waals surface area contributed by atoms with E-state index < -0.39 is 0 Å². The first-order valence-electron chi connectivity index (χ1n) is 11.2. The van der Waals surface area contributed by atoms with E-state index in [0.717, 1.165) is 55.3 Å². The normalized spacial score (nSPS) is 25.6. The van der Waals surface area contributed by atoms with Gasteiger partial charge >= 0.3 is 0 Å². The summed E-state index contributed by atoms with van der Waals surface area (Å²) in [6, 6.07) is 7.69. The molecule has 6 heteroatoms. The SMILES string of the molecule is CC1=NCC(C)=C1c1ccc2ncnc(NC3CCC(N4CCOCC4)CC3)c2c1. The highest BCUT2D eigenvalue weighted by molar-refractivity contribution is 6.25. The molecule has 1 aromatic heterocycles. The van der Waals surface area contributed by atoms with Crippen molar-refractivity contribution < 1.29 is 4.74 Å². The Balaban J connectivity index is 1.33. The van der Waals surface area contributed by atoms with Crippen molar-refractivity contribution >= 4 is 28.0 Å². The molecule has 30 heavy (non-hydrogen) atoms. The zero-order chi connectivity index (χ0) is 20.5. The lowest BCUT2D eigenvalue weighted by Gasteiger charge is -2.39. The number of allylic oxidation sites excluding steroid dienone is 1. The van der Waals surface area contributed by atoms with Crippen LogP contribution in [0.2, 0.25) is 0 Å². The van der Waals surface area contributed by atoms with Gasteiger partial charge in [-0.05, 0) is 62.8 Å². The summed E-state index contributed by atoms with van der Waals surface area (Å²) >= 11 is 0. The zero-order valence-corrected chi connectivity index (χ0v) is 18.0. The summed E-state index contributed by atoms with van der Waals surface area (Å²) in [6.45, 7) is 9.01. The molecule has 1 saturated carbocycles. The van der Waals surface area contributed by atoms with Crippen molar-refractivity contribution in [3.8, 4) is 0 Å². The molecule has 1 aromatic carbocycles. The molecule has 5 rings (SSSR count). The highest BCUT2D eigenvalue weighted by Gasteiger charge is 2.27. The van der Waals surface area contributed by atoms with Gasteiger partial charge in [-0.1, -0.05) is 6.07 Å². The molecule has 0 atom stereocenters. The van der Waals surface area contributed by atoms with E-state index in [-0.39, 0.29) is 0 Å². The van der Waals surface area contributed by atoms with Crippen molar-refractivity contribution in [2.75, 3.05) is 38.2 Å². The number of aromatic nitrogens is 2. The lowest BCUT2D eigenvalue weighted by molar-refractivity contribution is 0.00791. The minimum atomic E-state index is 0.472. The Kier molecular flexibility index (Phi) is 5.52. The molecule has 0 unspecified atom stereocenters. The van der Waals surface area contributed by atoms with Crippen LogP contribution < -0.4 is 5.32 Å². The number of rotatable bonds is 4. The van der Waals surface area contributed by atoms with Gasteiger partial charge in [-0.15, -0.1) is 0 Å². The second kappa shape index (κ2) is 8.44. The van der Waals surface area contributed by atoms with Gasteiger partial charge in [0.25, 0.3) is 0 Å². The molecule has 0 spiro atoms. The molecule has 0 bridgehead atoms. The minimum Gasteiger partial charge on any atom is -0.379 e. The second-order valence-corrected chi connectivity index (χ2v) is 8.81. The highest BCUT2D eigenvalue weighted by Crippen LogP contribution is 2.31. The van der Waals surface area contributed by atoms with E-state index >= 15 is 0 Å². The third-order valence-corrected chi connectivity index (χ3v) is 6.87. The van der Waals surface area contributed by atoms with Crippen LogP contribution in [-0.2, 0) is 4.74 Å². The van der Waals surface area contributed by atoms with Crippen molar-refractivity contribution in [2.24, 2.45) is 4.99 Å². The molecule has 2 aliphatic heterocycles. The first-order chi connectivity index (χ1) is 14.7. The average molecular weight is 406 g/mol. The van der Waals surface area contributed by atoms with Gasteiger partial charge < -0.3 is 10.1 Å². The van der Waals surface area contributed by atoms with E-state index in [4.69, 9.17) is 4.74 Å². The lowest BCUT2D eigenvalue weighted by Crippen LogP contribution is -2.46. The third-order valence-electron chi connectivity index (χ3n) is 6.87. The first kappa shape index (κ1) is 19.6. The predicted molar refractivity (Wildman–Crippen MR) is 122 cm³/mol. The summed E-state index contributed by atoms with van der Waals surface area (Å²) in [7, 11) is 0. The number of nitrogens with one attached hydrogen (secondary N) is 1.